The van der Waals surface area contributed by atoms with E-state index in [-0.39, 0.29) is 11.4 Å². The summed E-state index contributed by atoms with van der Waals surface area (Å²) in [7, 11) is 0. The lowest BCUT2D eigenvalue weighted by Gasteiger charge is -2.01. The number of non-ortho nitro benzene ring substituents is 2. The molecule has 6 aromatic rings. The van der Waals surface area contributed by atoms with E-state index in [1.165, 1.54) is 88.5 Å². The highest BCUT2D eigenvalue weighted by Crippen LogP contribution is 2.28. The van der Waals surface area contributed by atoms with Gasteiger partial charge in [0, 0.05) is 48.1 Å². The monoisotopic (exact) mass is 780 g/mol. The molecule has 0 saturated heterocycles. The van der Waals surface area contributed by atoms with E-state index < -0.39 is 9.85 Å². The molecule has 0 aliphatic heterocycles. The number of nitro groups is 2. The number of halogens is 2. The van der Waals surface area contributed by atoms with Crippen LogP contribution in [0, 0.1) is 20.2 Å². The molecule has 0 N–H and O–H groups in total. The first-order valence-corrected chi connectivity index (χ1v) is 19.3. The predicted molar refractivity (Wildman–Crippen MR) is 208 cm³/mol. The number of aryl methyl sites for hydroxylation is 2. The molecule has 0 radical (unpaired) electrons. The molecule has 0 unspecified atom stereocenters. The van der Waals surface area contributed by atoms with Crippen LogP contribution < -0.4 is 0 Å². The molecule has 0 saturated carbocycles. The van der Waals surface area contributed by atoms with Crippen LogP contribution in [0.15, 0.2) is 48.8 Å². The lowest BCUT2D eigenvalue weighted by molar-refractivity contribution is -0.384. The summed E-state index contributed by atoms with van der Waals surface area (Å²) in [6.45, 7) is 6.83. The number of nitro benzene ring substituents is 2. The zero-order chi connectivity index (χ0) is 38.5. The Morgan fingerprint density at radius 3 is 1.37 bits per heavy atom. The summed E-state index contributed by atoms with van der Waals surface area (Å²) in [6.07, 6.45) is 18.5. The third-order valence-corrected chi connectivity index (χ3v) is 9.64. The molecule has 2 aromatic carbocycles. The van der Waals surface area contributed by atoms with Gasteiger partial charge in [0.05, 0.1) is 46.4 Å². The van der Waals surface area contributed by atoms with Crippen molar-refractivity contribution in [2.24, 2.45) is 0 Å². The molecular formula is C36H46Cl2N12O4. The first kappa shape index (κ1) is 40.2. The van der Waals surface area contributed by atoms with E-state index in [0.29, 0.717) is 45.2 Å². The summed E-state index contributed by atoms with van der Waals surface area (Å²) in [6, 6.07) is 9.06. The summed E-state index contributed by atoms with van der Waals surface area (Å²) >= 11 is 12.3. The van der Waals surface area contributed by atoms with Crippen LogP contribution in [0.1, 0.15) is 102 Å². The molecule has 0 aliphatic rings. The van der Waals surface area contributed by atoms with Gasteiger partial charge < -0.3 is 0 Å². The van der Waals surface area contributed by atoms with Crippen LogP contribution in [0.2, 0.25) is 10.3 Å². The van der Waals surface area contributed by atoms with Crippen molar-refractivity contribution in [3.8, 4) is 0 Å². The minimum Gasteiger partial charge on any atom is -0.258 e. The number of unbranched alkanes of at least 4 members (excludes halogenated alkanes) is 10. The molecule has 6 rings (SSSR count). The summed E-state index contributed by atoms with van der Waals surface area (Å²) < 4.78 is 6.93. The van der Waals surface area contributed by atoms with E-state index in [9.17, 15) is 20.2 Å². The van der Waals surface area contributed by atoms with Crippen molar-refractivity contribution in [3.05, 3.63) is 90.7 Å². The maximum Gasteiger partial charge on any atom is 0.271 e. The Morgan fingerprint density at radius 1 is 0.593 bits per heavy atom. The molecule has 0 aliphatic carbocycles. The first-order valence-electron chi connectivity index (χ1n) is 18.6. The molecule has 16 nitrogen and oxygen atoms in total. The van der Waals surface area contributed by atoms with E-state index in [1.807, 2.05) is 21.8 Å². The average Bonchev–Trinajstić information content (AvgIpc) is 3.95. The minimum atomic E-state index is -0.429. The quantitative estimate of drug-likeness (QED) is 0.0411. The third-order valence-electron chi connectivity index (χ3n) is 9.08. The smallest absolute Gasteiger partial charge is 0.258 e. The molecule has 18 heteroatoms. The fourth-order valence-corrected chi connectivity index (χ4v) is 6.67. The Balaban J connectivity index is 0.000000208. The number of nitrogens with zero attached hydrogens (tertiary/aromatic N) is 12. The zero-order valence-electron chi connectivity index (χ0n) is 30.7. The summed E-state index contributed by atoms with van der Waals surface area (Å²) in [5.74, 6) is 0. The van der Waals surface area contributed by atoms with E-state index in [0.717, 1.165) is 37.3 Å². The van der Waals surface area contributed by atoms with Crippen LogP contribution in [0.5, 0.6) is 0 Å². The fourth-order valence-electron chi connectivity index (χ4n) is 6.17. The van der Waals surface area contributed by atoms with Gasteiger partial charge in [0.1, 0.15) is 11.4 Å². The Hall–Kier alpha value is -4.96. The van der Waals surface area contributed by atoms with E-state index in [1.54, 1.807) is 21.5 Å². The highest BCUT2D eigenvalue weighted by atomic mass is 35.5. The van der Waals surface area contributed by atoms with Gasteiger partial charge in [-0.25, -0.2) is 0 Å². The molecule has 4 heterocycles. The zero-order valence-corrected chi connectivity index (χ0v) is 32.2. The van der Waals surface area contributed by atoms with Gasteiger partial charge in [0.15, 0.2) is 10.3 Å². The largest absolute Gasteiger partial charge is 0.271 e. The summed E-state index contributed by atoms with van der Waals surface area (Å²) in [4.78, 5) is 21.2. The maximum absolute atomic E-state index is 11.0. The standard InChI is InChI=1S/2C18H23ClN6O2/c2*1-2-3-4-5-6-7-10-23-12-14(20-22-23)13-24-17-11-15(25(26)27)8-9-16(17)18(19)21-24/h2*8-9,11-12H,2-7,10,13H2,1H3. The second-order valence-corrected chi connectivity index (χ2v) is 14.0. The number of hydrogen-bond donors (Lipinski definition) is 0. The van der Waals surface area contributed by atoms with Crippen LogP contribution in [0.3, 0.4) is 0 Å². The minimum absolute atomic E-state index is 0.00652. The van der Waals surface area contributed by atoms with Crippen LogP contribution >= 0.6 is 23.2 Å². The van der Waals surface area contributed by atoms with Crippen molar-refractivity contribution in [2.75, 3.05) is 0 Å². The van der Waals surface area contributed by atoms with Gasteiger partial charge in [-0.1, -0.05) is 112 Å². The van der Waals surface area contributed by atoms with Gasteiger partial charge in [-0.3, -0.25) is 39.0 Å². The second-order valence-electron chi connectivity index (χ2n) is 13.3. The molecule has 4 aromatic heterocycles. The molecule has 0 amide bonds. The SMILES string of the molecule is CCCCCCCCn1cc(Cn2nc(Cl)c3ccc([N+](=O)[O-])cc32)nn1.CCCCCCCCn1cc(Cn2nc(Cl)c3ccc([N+](=O)[O-])cc32)nn1. The van der Waals surface area contributed by atoms with Gasteiger partial charge >= 0.3 is 0 Å². The van der Waals surface area contributed by atoms with E-state index in [2.05, 4.69) is 44.7 Å². The lowest BCUT2D eigenvalue weighted by atomic mass is 10.1. The number of benzene rings is 2. The summed E-state index contributed by atoms with van der Waals surface area (Å²) in [5, 5.41) is 49.3. The lowest BCUT2D eigenvalue weighted by Crippen LogP contribution is -2.02. The fraction of sp³-hybridized carbons (Fsp3) is 0.500. The van der Waals surface area contributed by atoms with Crippen LogP contribution in [0.25, 0.3) is 21.8 Å². The van der Waals surface area contributed by atoms with Gasteiger partial charge in [-0.05, 0) is 25.0 Å². The Kier molecular flexibility index (Phi) is 14.8. The molecular weight excluding hydrogens is 735 g/mol. The summed E-state index contributed by atoms with van der Waals surface area (Å²) in [5.41, 5.74) is 2.72. The van der Waals surface area contributed by atoms with Crippen molar-refractivity contribution >= 4 is 56.4 Å². The predicted octanol–water partition coefficient (Wildman–Crippen LogP) is 9.20. The number of aromatic nitrogens is 10. The van der Waals surface area contributed by atoms with Crippen molar-refractivity contribution < 1.29 is 9.85 Å². The number of fused-ring (bicyclic) bond motifs is 2. The Morgan fingerprint density at radius 2 is 0.981 bits per heavy atom. The van der Waals surface area contributed by atoms with Crippen molar-refractivity contribution in [1.29, 1.82) is 0 Å². The van der Waals surface area contributed by atoms with Crippen molar-refractivity contribution in [2.45, 2.75) is 117 Å². The van der Waals surface area contributed by atoms with Gasteiger partial charge in [-0.15, -0.1) is 10.2 Å². The maximum atomic E-state index is 11.0. The third kappa shape index (κ3) is 11.0. The molecule has 288 valence electrons. The van der Waals surface area contributed by atoms with Crippen molar-refractivity contribution in [3.63, 3.8) is 0 Å². The van der Waals surface area contributed by atoms with Crippen LogP contribution in [0.4, 0.5) is 11.4 Å². The van der Waals surface area contributed by atoms with Gasteiger partial charge in [0.25, 0.3) is 11.4 Å². The number of hydrogen-bond acceptors (Lipinski definition) is 10. The Labute approximate surface area is 322 Å². The van der Waals surface area contributed by atoms with Crippen LogP contribution in [-0.4, -0.2) is 59.4 Å². The first-order chi connectivity index (χ1) is 26.2. The topological polar surface area (TPSA) is 183 Å². The average molecular weight is 782 g/mol. The van der Waals surface area contributed by atoms with Crippen molar-refractivity contribution in [1.82, 2.24) is 49.5 Å². The highest BCUT2D eigenvalue weighted by molar-refractivity contribution is 6.34. The van der Waals surface area contributed by atoms with Crippen LogP contribution in [-0.2, 0) is 26.2 Å². The second kappa shape index (κ2) is 19.9. The molecule has 0 bridgehead atoms. The molecule has 0 atom stereocenters. The molecule has 0 fully saturated rings. The Bertz CT molecular complexity index is 1990. The number of rotatable bonds is 20. The molecule has 54 heavy (non-hydrogen) atoms. The highest BCUT2D eigenvalue weighted by Gasteiger charge is 2.17. The van der Waals surface area contributed by atoms with Gasteiger partial charge in [0.2, 0.25) is 0 Å². The molecule has 0 spiro atoms. The van der Waals surface area contributed by atoms with Gasteiger partial charge in [-0.2, -0.15) is 10.2 Å². The van der Waals surface area contributed by atoms with E-state index in [4.69, 9.17) is 23.2 Å². The van der Waals surface area contributed by atoms with E-state index >= 15 is 0 Å². The normalized spacial score (nSPS) is 11.3.